The van der Waals surface area contributed by atoms with E-state index in [1.807, 2.05) is 11.8 Å². The third-order valence-electron chi connectivity index (χ3n) is 2.13. The monoisotopic (exact) mass is 213 g/mol. The highest BCUT2D eigenvalue weighted by molar-refractivity contribution is 4.63. The van der Waals surface area contributed by atoms with Crippen LogP contribution in [0.1, 0.15) is 19.8 Å². The van der Waals surface area contributed by atoms with Gasteiger partial charge in [-0.15, -0.1) is 0 Å². The highest BCUT2D eigenvalue weighted by atomic mass is 19.4. The van der Waals surface area contributed by atoms with E-state index in [-0.39, 0.29) is 12.5 Å². The molecule has 0 amide bonds. The van der Waals surface area contributed by atoms with Crippen molar-refractivity contribution in [3.63, 3.8) is 0 Å². The van der Waals surface area contributed by atoms with Gasteiger partial charge in [0, 0.05) is 19.6 Å². The molecule has 0 aliphatic rings. The van der Waals surface area contributed by atoms with Crippen LogP contribution in [0.2, 0.25) is 0 Å². The van der Waals surface area contributed by atoms with Crippen molar-refractivity contribution in [3.8, 4) is 0 Å². The first-order valence-electron chi connectivity index (χ1n) is 4.62. The molecule has 0 spiro atoms. The molecule has 0 aliphatic carbocycles. The van der Waals surface area contributed by atoms with Crippen LogP contribution >= 0.6 is 0 Å². The van der Waals surface area contributed by atoms with Crippen LogP contribution in [0.5, 0.6) is 0 Å². The first-order chi connectivity index (χ1) is 6.37. The lowest BCUT2D eigenvalue weighted by Gasteiger charge is -2.23. The molecule has 5 heteroatoms. The van der Waals surface area contributed by atoms with E-state index in [1.54, 1.807) is 14.2 Å². The summed E-state index contributed by atoms with van der Waals surface area (Å²) >= 11 is 0. The van der Waals surface area contributed by atoms with Gasteiger partial charge in [0.05, 0.1) is 6.61 Å². The molecule has 1 atom stereocenters. The van der Waals surface area contributed by atoms with Gasteiger partial charge in [-0.05, 0) is 26.9 Å². The first-order valence-corrected chi connectivity index (χ1v) is 4.62. The first kappa shape index (κ1) is 13.7. The van der Waals surface area contributed by atoms with E-state index < -0.39 is 12.6 Å². The number of halogens is 3. The lowest BCUT2D eigenvalue weighted by molar-refractivity contribution is -0.136. The molecule has 0 aromatic carbocycles. The van der Waals surface area contributed by atoms with Crippen LogP contribution in [-0.2, 0) is 4.74 Å². The van der Waals surface area contributed by atoms with E-state index in [0.29, 0.717) is 13.2 Å². The number of alkyl halides is 3. The number of nitrogens with zero attached hydrogens (tertiary/aromatic N) is 1. The van der Waals surface area contributed by atoms with Crippen LogP contribution in [0.25, 0.3) is 0 Å². The zero-order chi connectivity index (χ0) is 11.2. The zero-order valence-electron chi connectivity index (χ0n) is 8.90. The van der Waals surface area contributed by atoms with Gasteiger partial charge < -0.3 is 9.64 Å². The summed E-state index contributed by atoms with van der Waals surface area (Å²) in [7, 11) is 3.39. The Labute approximate surface area is 83.0 Å². The summed E-state index contributed by atoms with van der Waals surface area (Å²) in [6.45, 7) is 2.92. The molecule has 0 radical (unpaired) electrons. The smallest absolute Gasteiger partial charge is 0.383 e. The molecule has 0 unspecified atom stereocenters. The molecule has 14 heavy (non-hydrogen) atoms. The van der Waals surface area contributed by atoms with Gasteiger partial charge in [-0.3, -0.25) is 0 Å². The molecule has 0 aromatic rings. The second-order valence-corrected chi connectivity index (χ2v) is 3.50. The van der Waals surface area contributed by atoms with E-state index >= 15 is 0 Å². The fourth-order valence-electron chi connectivity index (χ4n) is 1.12. The van der Waals surface area contributed by atoms with Gasteiger partial charge in [-0.2, -0.15) is 13.2 Å². The standard InChI is InChI=1S/C9H18F3NO/c1-8(7-14-3)13(2)6-4-5-9(10,11)12/h8H,4-7H2,1-3H3/t8-/m0/s1. The molecular formula is C9H18F3NO. The van der Waals surface area contributed by atoms with Gasteiger partial charge in [0.1, 0.15) is 0 Å². The minimum atomic E-state index is -4.04. The van der Waals surface area contributed by atoms with Crippen LogP contribution in [-0.4, -0.2) is 44.4 Å². The number of likely N-dealkylation sites (N-methyl/N-ethyl adjacent to an activating group) is 1. The Morgan fingerprint density at radius 3 is 2.36 bits per heavy atom. The fraction of sp³-hybridized carbons (Fsp3) is 1.00. The summed E-state index contributed by atoms with van der Waals surface area (Å²) in [4.78, 5) is 1.87. The molecule has 2 nitrogen and oxygen atoms in total. The van der Waals surface area contributed by atoms with Crippen molar-refractivity contribution in [3.05, 3.63) is 0 Å². The van der Waals surface area contributed by atoms with E-state index in [0.717, 1.165) is 0 Å². The summed E-state index contributed by atoms with van der Waals surface area (Å²) in [5.74, 6) is 0. The van der Waals surface area contributed by atoms with Crippen LogP contribution < -0.4 is 0 Å². The molecular weight excluding hydrogens is 195 g/mol. The quantitative estimate of drug-likeness (QED) is 0.671. The molecule has 0 heterocycles. The summed E-state index contributed by atoms with van der Waals surface area (Å²) in [5, 5.41) is 0. The average molecular weight is 213 g/mol. The van der Waals surface area contributed by atoms with Gasteiger partial charge in [0.15, 0.2) is 0 Å². The van der Waals surface area contributed by atoms with Crippen molar-refractivity contribution in [1.29, 1.82) is 0 Å². The molecule has 0 aromatic heterocycles. The Hall–Kier alpha value is -0.290. The molecule has 0 rings (SSSR count). The second kappa shape index (κ2) is 6.24. The Morgan fingerprint density at radius 1 is 1.36 bits per heavy atom. The number of hydrogen-bond acceptors (Lipinski definition) is 2. The lowest BCUT2D eigenvalue weighted by atomic mass is 10.2. The minimum Gasteiger partial charge on any atom is -0.383 e. The number of hydrogen-bond donors (Lipinski definition) is 0. The molecule has 0 fully saturated rings. The van der Waals surface area contributed by atoms with Crippen molar-refractivity contribution in [2.24, 2.45) is 0 Å². The normalized spacial score (nSPS) is 14.8. The van der Waals surface area contributed by atoms with Gasteiger partial charge in [-0.1, -0.05) is 0 Å². The topological polar surface area (TPSA) is 12.5 Å². The highest BCUT2D eigenvalue weighted by Gasteiger charge is 2.26. The van der Waals surface area contributed by atoms with E-state index in [4.69, 9.17) is 4.74 Å². The number of ether oxygens (including phenoxy) is 1. The van der Waals surface area contributed by atoms with E-state index in [9.17, 15) is 13.2 Å². The largest absolute Gasteiger partial charge is 0.389 e. The Morgan fingerprint density at radius 2 is 1.93 bits per heavy atom. The highest BCUT2D eigenvalue weighted by Crippen LogP contribution is 2.21. The molecule has 0 saturated carbocycles. The number of rotatable bonds is 6. The predicted octanol–water partition coefficient (Wildman–Crippen LogP) is 2.30. The third kappa shape index (κ3) is 7.15. The molecule has 0 aliphatic heterocycles. The third-order valence-corrected chi connectivity index (χ3v) is 2.13. The Kier molecular flexibility index (Phi) is 6.11. The SMILES string of the molecule is COC[C@H](C)N(C)CCCC(F)(F)F. The van der Waals surface area contributed by atoms with Crippen LogP contribution in [0, 0.1) is 0 Å². The van der Waals surface area contributed by atoms with Crippen LogP contribution in [0.15, 0.2) is 0 Å². The molecule has 0 bridgehead atoms. The summed E-state index contributed by atoms with van der Waals surface area (Å²) in [5.41, 5.74) is 0. The van der Waals surface area contributed by atoms with E-state index in [1.165, 1.54) is 0 Å². The summed E-state index contributed by atoms with van der Waals surface area (Å²) in [6, 6.07) is 0.160. The van der Waals surface area contributed by atoms with Gasteiger partial charge in [0.25, 0.3) is 0 Å². The van der Waals surface area contributed by atoms with Crippen LogP contribution in [0.3, 0.4) is 0 Å². The fourth-order valence-corrected chi connectivity index (χ4v) is 1.12. The summed E-state index contributed by atoms with van der Waals surface area (Å²) < 4.78 is 40.3. The maximum absolute atomic E-state index is 11.8. The van der Waals surface area contributed by atoms with Crippen molar-refractivity contribution in [2.45, 2.75) is 32.0 Å². The molecule has 0 N–H and O–H groups in total. The van der Waals surface area contributed by atoms with E-state index in [2.05, 4.69) is 0 Å². The van der Waals surface area contributed by atoms with Crippen LogP contribution in [0.4, 0.5) is 13.2 Å². The van der Waals surface area contributed by atoms with Gasteiger partial charge in [0.2, 0.25) is 0 Å². The Balaban J connectivity index is 3.58. The number of methoxy groups -OCH3 is 1. The zero-order valence-corrected chi connectivity index (χ0v) is 8.90. The van der Waals surface area contributed by atoms with Crippen molar-refractivity contribution in [2.75, 3.05) is 27.3 Å². The maximum Gasteiger partial charge on any atom is 0.389 e. The molecule has 0 saturated heterocycles. The average Bonchev–Trinajstić information content (AvgIpc) is 2.02. The van der Waals surface area contributed by atoms with Gasteiger partial charge in [-0.25, -0.2) is 0 Å². The summed E-state index contributed by atoms with van der Waals surface area (Å²) in [6.07, 6.45) is -4.60. The lowest BCUT2D eigenvalue weighted by Crippen LogP contribution is -2.33. The Bertz CT molecular complexity index is 149. The van der Waals surface area contributed by atoms with Crippen molar-refractivity contribution in [1.82, 2.24) is 4.90 Å². The van der Waals surface area contributed by atoms with Crippen molar-refractivity contribution < 1.29 is 17.9 Å². The second-order valence-electron chi connectivity index (χ2n) is 3.50. The van der Waals surface area contributed by atoms with Gasteiger partial charge >= 0.3 is 6.18 Å². The van der Waals surface area contributed by atoms with Crippen molar-refractivity contribution >= 4 is 0 Å². The maximum atomic E-state index is 11.8. The minimum absolute atomic E-state index is 0.147. The molecule has 86 valence electrons. The predicted molar refractivity (Wildman–Crippen MR) is 49.3 cm³/mol.